The van der Waals surface area contributed by atoms with Crippen molar-refractivity contribution in [3.63, 3.8) is 0 Å². The summed E-state index contributed by atoms with van der Waals surface area (Å²) in [7, 11) is 1.77. The van der Waals surface area contributed by atoms with Gasteiger partial charge in [-0.3, -0.25) is 4.79 Å². The van der Waals surface area contributed by atoms with Gasteiger partial charge in [0.1, 0.15) is 0 Å². The monoisotopic (exact) mass is 203 g/mol. The Labute approximate surface area is 90.2 Å². The summed E-state index contributed by atoms with van der Waals surface area (Å²) < 4.78 is 1.60. The minimum atomic E-state index is 0.0706. The first-order valence-electron chi connectivity index (χ1n) is 5.25. The first-order valence-corrected chi connectivity index (χ1v) is 5.25. The number of aryl methyl sites for hydroxylation is 2. The Hall–Kier alpha value is -1.57. The van der Waals surface area contributed by atoms with E-state index in [1.165, 1.54) is 0 Å². The highest BCUT2D eigenvalue weighted by Crippen LogP contribution is 2.13. The third-order valence-electron chi connectivity index (χ3n) is 2.34. The lowest BCUT2D eigenvalue weighted by Gasteiger charge is -2.02. The Morgan fingerprint density at radius 2 is 1.73 bits per heavy atom. The Morgan fingerprint density at radius 3 is 2.40 bits per heavy atom. The van der Waals surface area contributed by atoms with E-state index >= 15 is 0 Å². The van der Waals surface area contributed by atoms with Crippen LogP contribution >= 0.6 is 0 Å². The van der Waals surface area contributed by atoms with Gasteiger partial charge >= 0.3 is 0 Å². The van der Waals surface area contributed by atoms with Gasteiger partial charge in [0.25, 0.3) is 5.56 Å². The third kappa shape index (κ3) is 2.09. The molecule has 2 heteroatoms. The van der Waals surface area contributed by atoms with Crippen LogP contribution in [0.1, 0.15) is 19.4 Å². The van der Waals surface area contributed by atoms with Crippen LogP contribution in [-0.2, 0) is 7.05 Å². The quantitative estimate of drug-likeness (QED) is 0.645. The van der Waals surface area contributed by atoms with Crippen LogP contribution < -0.4 is 5.56 Å². The SMILES string of the molecule is CC.Cc1cccc2c(=O)n(C)ccc12. The maximum atomic E-state index is 11.6. The molecule has 1 heterocycles. The summed E-state index contributed by atoms with van der Waals surface area (Å²) in [6, 6.07) is 7.78. The average molecular weight is 203 g/mol. The van der Waals surface area contributed by atoms with Crippen molar-refractivity contribution in [2.24, 2.45) is 7.05 Å². The molecule has 0 saturated carbocycles. The second-order valence-corrected chi connectivity index (χ2v) is 3.27. The molecule has 0 aliphatic carbocycles. The summed E-state index contributed by atoms with van der Waals surface area (Å²) in [4.78, 5) is 11.6. The van der Waals surface area contributed by atoms with E-state index in [9.17, 15) is 4.79 Å². The van der Waals surface area contributed by atoms with Crippen LogP contribution in [0.15, 0.2) is 35.3 Å². The summed E-state index contributed by atoms with van der Waals surface area (Å²) in [5, 5.41) is 1.84. The van der Waals surface area contributed by atoms with Gasteiger partial charge in [-0.1, -0.05) is 26.0 Å². The van der Waals surface area contributed by atoms with Gasteiger partial charge in [-0.15, -0.1) is 0 Å². The number of pyridine rings is 1. The summed E-state index contributed by atoms with van der Waals surface area (Å²) in [5.41, 5.74) is 1.22. The molecular weight excluding hydrogens is 186 g/mol. The molecule has 1 aromatic heterocycles. The lowest BCUT2D eigenvalue weighted by atomic mass is 10.1. The normalized spacial score (nSPS) is 9.60. The second-order valence-electron chi connectivity index (χ2n) is 3.27. The van der Waals surface area contributed by atoms with Crippen molar-refractivity contribution < 1.29 is 0 Å². The Morgan fingerprint density at radius 1 is 1.07 bits per heavy atom. The molecule has 0 spiro atoms. The number of rotatable bonds is 0. The maximum absolute atomic E-state index is 11.6. The summed E-state index contributed by atoms with van der Waals surface area (Å²) in [6.07, 6.45) is 1.80. The zero-order valence-corrected chi connectivity index (χ0v) is 9.74. The molecule has 0 unspecified atom stereocenters. The average Bonchev–Trinajstić information content (AvgIpc) is 2.27. The van der Waals surface area contributed by atoms with Crippen LogP contribution in [0.4, 0.5) is 0 Å². The molecule has 0 fully saturated rings. The minimum absolute atomic E-state index is 0.0706. The van der Waals surface area contributed by atoms with Crippen molar-refractivity contribution >= 4 is 10.8 Å². The van der Waals surface area contributed by atoms with Gasteiger partial charge in [-0.05, 0) is 30.0 Å². The number of benzene rings is 1. The zero-order valence-electron chi connectivity index (χ0n) is 9.74. The molecule has 2 rings (SSSR count). The molecule has 1 aromatic carbocycles. The molecule has 15 heavy (non-hydrogen) atoms. The van der Waals surface area contributed by atoms with Gasteiger partial charge in [0.05, 0.1) is 0 Å². The van der Waals surface area contributed by atoms with Crippen LogP contribution in [0.5, 0.6) is 0 Å². The molecule has 0 atom stereocenters. The van der Waals surface area contributed by atoms with Gasteiger partial charge in [0.2, 0.25) is 0 Å². The van der Waals surface area contributed by atoms with Crippen LogP contribution in [-0.4, -0.2) is 4.57 Å². The summed E-state index contributed by atoms with van der Waals surface area (Å²) in [5.74, 6) is 0. The summed E-state index contributed by atoms with van der Waals surface area (Å²) >= 11 is 0. The standard InChI is InChI=1S/C11H11NO.C2H6/c1-8-4-3-5-10-9(8)6-7-12(2)11(10)13;1-2/h3-7H,1-2H3;1-2H3. The Balaban J connectivity index is 0.000000531. The molecule has 0 amide bonds. The first-order chi connectivity index (χ1) is 7.20. The number of aromatic nitrogens is 1. The molecule has 0 bridgehead atoms. The van der Waals surface area contributed by atoms with E-state index in [1.54, 1.807) is 17.8 Å². The van der Waals surface area contributed by atoms with Crippen molar-refractivity contribution in [3.05, 3.63) is 46.4 Å². The van der Waals surface area contributed by atoms with Crippen LogP contribution in [0, 0.1) is 6.92 Å². The lowest BCUT2D eigenvalue weighted by Crippen LogP contribution is -2.15. The van der Waals surface area contributed by atoms with E-state index in [0.29, 0.717) is 0 Å². The predicted molar refractivity (Wildman–Crippen MR) is 65.3 cm³/mol. The topological polar surface area (TPSA) is 22.0 Å². The fraction of sp³-hybridized carbons (Fsp3) is 0.308. The molecule has 0 saturated heterocycles. The fourth-order valence-corrected chi connectivity index (χ4v) is 1.53. The molecule has 2 aromatic rings. The van der Waals surface area contributed by atoms with Crippen molar-refractivity contribution in [3.8, 4) is 0 Å². The van der Waals surface area contributed by atoms with E-state index in [1.807, 2.05) is 45.0 Å². The largest absolute Gasteiger partial charge is 0.318 e. The number of hydrogen-bond acceptors (Lipinski definition) is 1. The van der Waals surface area contributed by atoms with Gasteiger partial charge in [-0.2, -0.15) is 0 Å². The van der Waals surface area contributed by atoms with Gasteiger partial charge in [0.15, 0.2) is 0 Å². The van der Waals surface area contributed by atoms with Gasteiger partial charge < -0.3 is 4.57 Å². The zero-order chi connectivity index (χ0) is 11.4. The van der Waals surface area contributed by atoms with Crippen LogP contribution in [0.25, 0.3) is 10.8 Å². The van der Waals surface area contributed by atoms with E-state index in [4.69, 9.17) is 0 Å². The molecule has 2 nitrogen and oxygen atoms in total. The number of fused-ring (bicyclic) bond motifs is 1. The van der Waals surface area contributed by atoms with Gasteiger partial charge in [0, 0.05) is 18.6 Å². The molecule has 0 aliphatic heterocycles. The van der Waals surface area contributed by atoms with Crippen LogP contribution in [0.3, 0.4) is 0 Å². The summed E-state index contributed by atoms with van der Waals surface area (Å²) in [6.45, 7) is 6.02. The Kier molecular flexibility index (Phi) is 3.67. The Bertz CT molecular complexity index is 511. The molecule has 0 N–H and O–H groups in total. The van der Waals surface area contributed by atoms with E-state index in [-0.39, 0.29) is 5.56 Å². The number of hydrogen-bond donors (Lipinski definition) is 0. The van der Waals surface area contributed by atoms with Crippen LogP contribution in [0.2, 0.25) is 0 Å². The third-order valence-corrected chi connectivity index (χ3v) is 2.34. The first kappa shape index (κ1) is 11.5. The number of nitrogens with zero attached hydrogens (tertiary/aromatic N) is 1. The minimum Gasteiger partial charge on any atom is -0.318 e. The molecular formula is C13H17NO. The highest BCUT2D eigenvalue weighted by molar-refractivity contribution is 5.84. The van der Waals surface area contributed by atoms with Crippen molar-refractivity contribution in [1.82, 2.24) is 4.57 Å². The van der Waals surface area contributed by atoms with E-state index in [0.717, 1.165) is 16.3 Å². The highest BCUT2D eigenvalue weighted by atomic mass is 16.1. The van der Waals surface area contributed by atoms with E-state index < -0.39 is 0 Å². The maximum Gasteiger partial charge on any atom is 0.258 e. The lowest BCUT2D eigenvalue weighted by molar-refractivity contribution is 0.873. The molecule has 0 aliphatic rings. The van der Waals surface area contributed by atoms with E-state index in [2.05, 4.69) is 0 Å². The smallest absolute Gasteiger partial charge is 0.258 e. The molecule has 0 radical (unpaired) electrons. The van der Waals surface area contributed by atoms with Crippen molar-refractivity contribution in [2.45, 2.75) is 20.8 Å². The van der Waals surface area contributed by atoms with Gasteiger partial charge in [-0.25, -0.2) is 0 Å². The molecule has 80 valence electrons. The van der Waals surface area contributed by atoms with Crippen molar-refractivity contribution in [1.29, 1.82) is 0 Å². The highest BCUT2D eigenvalue weighted by Gasteiger charge is 2.00. The van der Waals surface area contributed by atoms with Crippen molar-refractivity contribution in [2.75, 3.05) is 0 Å². The predicted octanol–water partition coefficient (Wildman–Crippen LogP) is 2.87. The fourth-order valence-electron chi connectivity index (χ4n) is 1.53. The second kappa shape index (κ2) is 4.78.